The Morgan fingerprint density at radius 2 is 1.90 bits per heavy atom. The van der Waals surface area contributed by atoms with Crippen molar-refractivity contribution in [2.45, 2.75) is 26.9 Å². The number of rotatable bonds is 6. The SMILES string of the molecule is Cc1ccc(OCC(O)CN(C)c2c(C)noc2C)cc1. The molecule has 0 spiro atoms. The fourth-order valence-corrected chi connectivity index (χ4v) is 2.31. The van der Waals surface area contributed by atoms with Crippen molar-refractivity contribution in [1.29, 1.82) is 0 Å². The molecule has 1 heterocycles. The average Bonchev–Trinajstić information content (AvgIpc) is 2.77. The van der Waals surface area contributed by atoms with E-state index in [1.165, 1.54) is 5.56 Å². The zero-order valence-electron chi connectivity index (χ0n) is 13.0. The highest BCUT2D eigenvalue weighted by molar-refractivity contribution is 5.52. The summed E-state index contributed by atoms with van der Waals surface area (Å²) < 4.78 is 10.7. The van der Waals surface area contributed by atoms with Crippen molar-refractivity contribution in [2.75, 3.05) is 25.1 Å². The smallest absolute Gasteiger partial charge is 0.157 e. The number of aliphatic hydroxyl groups is 1. The van der Waals surface area contributed by atoms with Gasteiger partial charge in [0.05, 0.1) is 0 Å². The van der Waals surface area contributed by atoms with Crippen LogP contribution in [0.1, 0.15) is 17.0 Å². The van der Waals surface area contributed by atoms with Crippen molar-refractivity contribution in [3.05, 3.63) is 41.3 Å². The van der Waals surface area contributed by atoms with Crippen LogP contribution in [0.15, 0.2) is 28.8 Å². The van der Waals surface area contributed by atoms with E-state index in [9.17, 15) is 5.11 Å². The van der Waals surface area contributed by atoms with E-state index in [1.54, 1.807) is 0 Å². The molecular weight excluding hydrogens is 268 g/mol. The molecule has 2 rings (SSSR count). The highest BCUT2D eigenvalue weighted by atomic mass is 16.5. The number of aromatic nitrogens is 1. The number of aryl methyl sites for hydroxylation is 3. The summed E-state index contributed by atoms with van der Waals surface area (Å²) in [7, 11) is 1.90. The molecule has 0 aliphatic heterocycles. The molecule has 0 bridgehead atoms. The first-order valence-electron chi connectivity index (χ1n) is 6.99. The first kappa shape index (κ1) is 15.4. The second-order valence-electron chi connectivity index (χ2n) is 5.33. The predicted molar refractivity (Wildman–Crippen MR) is 81.9 cm³/mol. The number of ether oxygens (including phenoxy) is 1. The highest BCUT2D eigenvalue weighted by Crippen LogP contribution is 2.22. The molecule has 2 aromatic rings. The quantitative estimate of drug-likeness (QED) is 0.885. The van der Waals surface area contributed by atoms with Crippen LogP contribution in [0.5, 0.6) is 5.75 Å². The van der Waals surface area contributed by atoms with Crippen molar-refractivity contribution in [1.82, 2.24) is 5.16 Å². The molecule has 0 aliphatic rings. The zero-order valence-corrected chi connectivity index (χ0v) is 13.0. The molecule has 1 aromatic carbocycles. The normalized spacial score (nSPS) is 12.2. The molecule has 1 unspecified atom stereocenters. The van der Waals surface area contributed by atoms with Gasteiger partial charge in [0, 0.05) is 13.6 Å². The number of hydrogen-bond donors (Lipinski definition) is 1. The number of benzene rings is 1. The molecule has 0 radical (unpaired) electrons. The first-order chi connectivity index (χ1) is 9.97. The third-order valence-corrected chi connectivity index (χ3v) is 3.33. The van der Waals surface area contributed by atoms with E-state index in [4.69, 9.17) is 9.26 Å². The number of anilines is 1. The Morgan fingerprint density at radius 1 is 1.24 bits per heavy atom. The van der Waals surface area contributed by atoms with Crippen LogP contribution in [-0.2, 0) is 0 Å². The molecule has 0 saturated carbocycles. The predicted octanol–water partition coefficient (Wildman–Crippen LogP) is 2.48. The Kier molecular flexibility index (Phi) is 4.85. The first-order valence-corrected chi connectivity index (χ1v) is 6.99. The van der Waals surface area contributed by atoms with Gasteiger partial charge in [0.25, 0.3) is 0 Å². The molecule has 1 aromatic heterocycles. The Labute approximate surface area is 125 Å². The molecule has 1 N–H and O–H groups in total. The lowest BCUT2D eigenvalue weighted by atomic mass is 10.2. The minimum Gasteiger partial charge on any atom is -0.491 e. The van der Waals surface area contributed by atoms with Crippen LogP contribution in [0.25, 0.3) is 0 Å². The van der Waals surface area contributed by atoms with Crippen LogP contribution >= 0.6 is 0 Å². The lowest BCUT2D eigenvalue weighted by Crippen LogP contribution is -2.33. The van der Waals surface area contributed by atoms with Crippen LogP contribution in [0, 0.1) is 20.8 Å². The van der Waals surface area contributed by atoms with Gasteiger partial charge in [-0.25, -0.2) is 0 Å². The van der Waals surface area contributed by atoms with E-state index in [1.807, 2.05) is 57.0 Å². The van der Waals surface area contributed by atoms with E-state index in [2.05, 4.69) is 5.16 Å². The minimum atomic E-state index is -0.593. The monoisotopic (exact) mass is 290 g/mol. The van der Waals surface area contributed by atoms with Crippen LogP contribution in [0.3, 0.4) is 0 Å². The minimum absolute atomic E-state index is 0.247. The Hall–Kier alpha value is -2.01. The van der Waals surface area contributed by atoms with Gasteiger partial charge >= 0.3 is 0 Å². The van der Waals surface area contributed by atoms with Gasteiger partial charge in [-0.3, -0.25) is 0 Å². The maximum Gasteiger partial charge on any atom is 0.157 e. The summed E-state index contributed by atoms with van der Waals surface area (Å²) in [5.41, 5.74) is 2.92. The fourth-order valence-electron chi connectivity index (χ4n) is 2.31. The molecule has 21 heavy (non-hydrogen) atoms. The number of nitrogens with zero attached hydrogens (tertiary/aromatic N) is 2. The van der Waals surface area contributed by atoms with Crippen LogP contribution in [0.4, 0.5) is 5.69 Å². The second kappa shape index (κ2) is 6.63. The van der Waals surface area contributed by atoms with Gasteiger partial charge in [-0.05, 0) is 32.9 Å². The molecule has 0 amide bonds. The Balaban J connectivity index is 1.87. The van der Waals surface area contributed by atoms with E-state index >= 15 is 0 Å². The third kappa shape index (κ3) is 3.98. The van der Waals surface area contributed by atoms with Crippen LogP contribution in [-0.4, -0.2) is 36.6 Å². The van der Waals surface area contributed by atoms with Gasteiger partial charge in [-0.15, -0.1) is 0 Å². The average molecular weight is 290 g/mol. The second-order valence-corrected chi connectivity index (χ2v) is 5.33. The van der Waals surface area contributed by atoms with Crippen molar-refractivity contribution < 1.29 is 14.4 Å². The summed E-state index contributed by atoms with van der Waals surface area (Å²) in [6.07, 6.45) is -0.593. The molecule has 5 heteroatoms. The van der Waals surface area contributed by atoms with Gasteiger partial charge in [0.15, 0.2) is 5.76 Å². The van der Waals surface area contributed by atoms with E-state index < -0.39 is 6.10 Å². The lowest BCUT2D eigenvalue weighted by Gasteiger charge is -2.22. The molecule has 114 valence electrons. The van der Waals surface area contributed by atoms with Crippen LogP contribution < -0.4 is 9.64 Å². The standard InChI is InChI=1S/C16H22N2O3/c1-11-5-7-15(8-6-11)20-10-14(19)9-18(4)16-12(2)17-21-13(16)3/h5-8,14,19H,9-10H2,1-4H3. The van der Waals surface area contributed by atoms with Crippen molar-refractivity contribution in [3.63, 3.8) is 0 Å². The third-order valence-electron chi connectivity index (χ3n) is 3.33. The van der Waals surface area contributed by atoms with E-state index in [0.717, 1.165) is 22.9 Å². The van der Waals surface area contributed by atoms with E-state index in [-0.39, 0.29) is 6.61 Å². The van der Waals surface area contributed by atoms with Gasteiger partial charge in [0.2, 0.25) is 0 Å². The van der Waals surface area contributed by atoms with Gasteiger partial charge in [0.1, 0.15) is 29.8 Å². The van der Waals surface area contributed by atoms with Gasteiger partial charge in [-0.1, -0.05) is 22.9 Å². The number of aliphatic hydroxyl groups excluding tert-OH is 1. The maximum absolute atomic E-state index is 10.1. The maximum atomic E-state index is 10.1. The topological polar surface area (TPSA) is 58.7 Å². The lowest BCUT2D eigenvalue weighted by molar-refractivity contribution is 0.113. The van der Waals surface area contributed by atoms with Crippen molar-refractivity contribution >= 4 is 5.69 Å². The highest BCUT2D eigenvalue weighted by Gasteiger charge is 2.17. The fraction of sp³-hybridized carbons (Fsp3) is 0.438. The molecule has 0 saturated heterocycles. The molecular formula is C16H22N2O3. The number of likely N-dealkylation sites (N-methyl/N-ethyl adjacent to an activating group) is 1. The summed E-state index contributed by atoms with van der Waals surface area (Å²) >= 11 is 0. The summed E-state index contributed by atoms with van der Waals surface area (Å²) in [6.45, 7) is 6.47. The summed E-state index contributed by atoms with van der Waals surface area (Å²) in [6, 6.07) is 7.77. The Morgan fingerprint density at radius 3 is 2.48 bits per heavy atom. The molecule has 0 aliphatic carbocycles. The zero-order chi connectivity index (χ0) is 15.4. The molecule has 0 fully saturated rings. The van der Waals surface area contributed by atoms with Crippen molar-refractivity contribution in [3.8, 4) is 5.75 Å². The number of hydrogen-bond acceptors (Lipinski definition) is 5. The molecule has 1 atom stereocenters. The van der Waals surface area contributed by atoms with Gasteiger partial charge < -0.3 is 19.3 Å². The van der Waals surface area contributed by atoms with Gasteiger partial charge in [-0.2, -0.15) is 0 Å². The summed E-state index contributed by atoms with van der Waals surface area (Å²) in [4.78, 5) is 1.93. The summed E-state index contributed by atoms with van der Waals surface area (Å²) in [5.74, 6) is 1.52. The van der Waals surface area contributed by atoms with Crippen LogP contribution in [0.2, 0.25) is 0 Å². The molecule has 5 nitrogen and oxygen atoms in total. The largest absolute Gasteiger partial charge is 0.491 e. The van der Waals surface area contributed by atoms with E-state index in [0.29, 0.717) is 6.54 Å². The van der Waals surface area contributed by atoms with Crippen molar-refractivity contribution in [2.24, 2.45) is 0 Å². The Bertz CT molecular complexity index is 558. The summed E-state index contributed by atoms with van der Waals surface area (Å²) in [5, 5.41) is 14.0.